The Morgan fingerprint density at radius 1 is 0.971 bits per heavy atom. The van der Waals surface area contributed by atoms with Gasteiger partial charge in [-0.2, -0.15) is 5.26 Å². The van der Waals surface area contributed by atoms with Gasteiger partial charge in [-0.3, -0.25) is 4.79 Å². The second-order valence-electron chi connectivity index (χ2n) is 8.49. The third-order valence-corrected chi connectivity index (χ3v) is 6.39. The number of nitrogens with zero attached hydrogens (tertiary/aromatic N) is 1. The van der Waals surface area contributed by atoms with Crippen LogP contribution in [0.3, 0.4) is 0 Å². The van der Waals surface area contributed by atoms with Crippen LogP contribution in [0, 0.1) is 32.1 Å². The van der Waals surface area contributed by atoms with Crippen LogP contribution in [0.2, 0.25) is 5.02 Å². The molecule has 0 radical (unpaired) electrons. The first-order valence-corrected chi connectivity index (χ1v) is 11.6. The number of rotatable bonds is 6. The third kappa shape index (κ3) is 5.54. The Balaban J connectivity index is 1.69. The summed E-state index contributed by atoms with van der Waals surface area (Å²) in [6.07, 6.45) is 1.59. The molecular formula is C30H25ClN2O2. The normalized spacial score (nSPS) is 11.2. The van der Waals surface area contributed by atoms with Gasteiger partial charge in [-0.1, -0.05) is 66.2 Å². The summed E-state index contributed by atoms with van der Waals surface area (Å²) < 4.78 is 6.20. The number of anilines is 1. The fourth-order valence-corrected chi connectivity index (χ4v) is 3.95. The first-order valence-electron chi connectivity index (χ1n) is 11.3. The number of hydrogen-bond donors (Lipinski definition) is 1. The van der Waals surface area contributed by atoms with Gasteiger partial charge in [0, 0.05) is 16.3 Å². The molecule has 0 heterocycles. The average Bonchev–Trinajstić information content (AvgIpc) is 2.85. The maximum Gasteiger partial charge on any atom is 0.266 e. The van der Waals surface area contributed by atoms with Crippen LogP contribution >= 0.6 is 11.6 Å². The Labute approximate surface area is 210 Å². The molecule has 4 rings (SSSR count). The molecule has 0 spiro atoms. The highest BCUT2D eigenvalue weighted by molar-refractivity contribution is 6.31. The zero-order chi connectivity index (χ0) is 24.9. The highest BCUT2D eigenvalue weighted by atomic mass is 35.5. The summed E-state index contributed by atoms with van der Waals surface area (Å²) >= 11 is 6.18. The second kappa shape index (κ2) is 10.5. The second-order valence-corrected chi connectivity index (χ2v) is 8.90. The fraction of sp³-hybridized carbons (Fsp3) is 0.133. The van der Waals surface area contributed by atoms with E-state index < -0.39 is 5.91 Å². The van der Waals surface area contributed by atoms with Crippen molar-refractivity contribution in [3.8, 4) is 11.8 Å². The number of hydrogen-bond acceptors (Lipinski definition) is 3. The van der Waals surface area contributed by atoms with E-state index in [2.05, 4.69) is 31.3 Å². The van der Waals surface area contributed by atoms with Gasteiger partial charge in [-0.15, -0.1) is 0 Å². The summed E-state index contributed by atoms with van der Waals surface area (Å²) in [5, 5.41) is 15.0. The van der Waals surface area contributed by atoms with Gasteiger partial charge in [0.05, 0.1) is 0 Å². The quantitative estimate of drug-likeness (QED) is 0.229. The topological polar surface area (TPSA) is 62.1 Å². The number of benzene rings is 4. The van der Waals surface area contributed by atoms with E-state index in [1.165, 1.54) is 11.1 Å². The minimum Gasteiger partial charge on any atom is -0.488 e. The lowest BCUT2D eigenvalue weighted by atomic mass is 10.0. The molecule has 0 bridgehead atoms. The van der Waals surface area contributed by atoms with Gasteiger partial charge in [0.1, 0.15) is 24.0 Å². The van der Waals surface area contributed by atoms with E-state index in [-0.39, 0.29) is 5.57 Å². The number of carbonyl (C=O) groups excluding carboxylic acids is 1. The lowest BCUT2D eigenvalue weighted by Gasteiger charge is -2.14. The molecule has 1 N–H and O–H groups in total. The average molecular weight is 481 g/mol. The van der Waals surface area contributed by atoms with E-state index in [0.29, 0.717) is 28.6 Å². The number of nitriles is 1. The maximum atomic E-state index is 13.0. The fourth-order valence-electron chi connectivity index (χ4n) is 3.77. The molecule has 0 unspecified atom stereocenters. The Morgan fingerprint density at radius 3 is 2.49 bits per heavy atom. The van der Waals surface area contributed by atoms with E-state index >= 15 is 0 Å². The van der Waals surface area contributed by atoms with Crippen LogP contribution < -0.4 is 10.1 Å². The maximum absolute atomic E-state index is 13.0. The van der Waals surface area contributed by atoms with E-state index in [1.54, 1.807) is 18.2 Å². The van der Waals surface area contributed by atoms with E-state index in [4.69, 9.17) is 16.3 Å². The Morgan fingerprint density at radius 2 is 1.74 bits per heavy atom. The van der Waals surface area contributed by atoms with Gasteiger partial charge in [0.25, 0.3) is 5.91 Å². The van der Waals surface area contributed by atoms with Gasteiger partial charge in [-0.05, 0) is 78.1 Å². The third-order valence-electron chi connectivity index (χ3n) is 5.98. The highest BCUT2D eigenvalue weighted by Gasteiger charge is 2.14. The lowest BCUT2D eigenvalue weighted by molar-refractivity contribution is -0.112. The van der Waals surface area contributed by atoms with Crippen molar-refractivity contribution in [2.45, 2.75) is 27.4 Å². The van der Waals surface area contributed by atoms with E-state index in [0.717, 1.165) is 21.9 Å². The summed E-state index contributed by atoms with van der Waals surface area (Å²) in [6, 6.07) is 25.2. The summed E-state index contributed by atoms with van der Waals surface area (Å²) in [5.74, 6) is 0.0846. The minimum absolute atomic E-state index is 0.0333. The summed E-state index contributed by atoms with van der Waals surface area (Å²) in [6.45, 7) is 6.40. The van der Waals surface area contributed by atoms with Gasteiger partial charge in [0.15, 0.2) is 0 Å². The molecule has 0 atom stereocenters. The van der Waals surface area contributed by atoms with E-state index in [9.17, 15) is 10.1 Å². The van der Waals surface area contributed by atoms with Crippen molar-refractivity contribution in [3.63, 3.8) is 0 Å². The number of carbonyl (C=O) groups is 1. The van der Waals surface area contributed by atoms with Crippen molar-refractivity contribution in [2.75, 3.05) is 5.32 Å². The number of fused-ring (bicyclic) bond motifs is 1. The molecule has 0 saturated carbocycles. The van der Waals surface area contributed by atoms with Crippen LogP contribution in [0.1, 0.15) is 27.8 Å². The predicted molar refractivity (Wildman–Crippen MR) is 143 cm³/mol. The molecule has 0 aliphatic rings. The molecule has 1 amide bonds. The molecule has 0 aliphatic heterocycles. The lowest BCUT2D eigenvalue weighted by Crippen LogP contribution is -2.13. The highest BCUT2D eigenvalue weighted by Crippen LogP contribution is 2.31. The van der Waals surface area contributed by atoms with Gasteiger partial charge < -0.3 is 10.1 Å². The van der Waals surface area contributed by atoms with Gasteiger partial charge >= 0.3 is 0 Å². The Bertz CT molecular complexity index is 1500. The first-order chi connectivity index (χ1) is 16.9. The van der Waals surface area contributed by atoms with Crippen molar-refractivity contribution in [2.24, 2.45) is 0 Å². The van der Waals surface area contributed by atoms with Crippen molar-refractivity contribution in [3.05, 3.63) is 111 Å². The first kappa shape index (κ1) is 24.1. The number of aryl methyl sites for hydroxylation is 3. The van der Waals surface area contributed by atoms with Gasteiger partial charge in [0.2, 0.25) is 0 Å². The van der Waals surface area contributed by atoms with Crippen molar-refractivity contribution in [1.82, 2.24) is 0 Å². The largest absolute Gasteiger partial charge is 0.488 e. The molecule has 0 aromatic heterocycles. The van der Waals surface area contributed by atoms with Gasteiger partial charge in [-0.25, -0.2) is 0 Å². The molecule has 5 heteroatoms. The SMILES string of the molecule is Cc1ccc(COc2ccc3ccccc3c2/C=C(\C#N)C(=O)Nc2ccc(C)c(Cl)c2)cc1C. The number of halogens is 1. The van der Waals surface area contributed by atoms with Crippen LogP contribution in [-0.4, -0.2) is 5.91 Å². The zero-order valence-electron chi connectivity index (χ0n) is 19.9. The number of ether oxygens (including phenoxy) is 1. The molecule has 35 heavy (non-hydrogen) atoms. The van der Waals surface area contributed by atoms with Crippen LogP contribution in [0.5, 0.6) is 5.75 Å². The monoisotopic (exact) mass is 480 g/mol. The summed E-state index contributed by atoms with van der Waals surface area (Å²) in [4.78, 5) is 13.0. The molecule has 0 saturated heterocycles. The Kier molecular flexibility index (Phi) is 7.19. The molecule has 0 fully saturated rings. The number of nitrogens with one attached hydrogen (secondary N) is 1. The standard InChI is InChI=1S/C30H25ClN2O2/c1-19-8-10-22(14-21(19)3)18-35-29-13-11-23-6-4-5-7-26(23)27(29)15-24(17-32)30(34)33-25-12-9-20(2)28(31)16-25/h4-16H,18H2,1-3H3,(H,33,34)/b24-15+. The summed E-state index contributed by atoms with van der Waals surface area (Å²) in [5.41, 5.74) is 5.55. The molecule has 4 aromatic rings. The zero-order valence-corrected chi connectivity index (χ0v) is 20.6. The number of amides is 1. The van der Waals surface area contributed by atoms with Crippen LogP contribution in [0.15, 0.2) is 78.4 Å². The molecular weight excluding hydrogens is 456 g/mol. The minimum atomic E-state index is -0.513. The van der Waals surface area contributed by atoms with Crippen LogP contribution in [0.25, 0.3) is 16.8 Å². The predicted octanol–water partition coefficient (Wildman–Crippen LogP) is 7.54. The van der Waals surface area contributed by atoms with Crippen LogP contribution in [-0.2, 0) is 11.4 Å². The van der Waals surface area contributed by atoms with Crippen molar-refractivity contribution < 1.29 is 9.53 Å². The smallest absolute Gasteiger partial charge is 0.266 e. The molecule has 0 aliphatic carbocycles. The van der Waals surface area contributed by atoms with Crippen molar-refractivity contribution in [1.29, 1.82) is 5.26 Å². The van der Waals surface area contributed by atoms with Crippen LogP contribution in [0.4, 0.5) is 5.69 Å². The van der Waals surface area contributed by atoms with Crippen molar-refractivity contribution >= 4 is 40.0 Å². The summed E-state index contributed by atoms with van der Waals surface area (Å²) in [7, 11) is 0. The Hall–Kier alpha value is -4.07. The van der Waals surface area contributed by atoms with E-state index in [1.807, 2.05) is 61.5 Å². The molecule has 174 valence electrons. The molecule has 4 nitrogen and oxygen atoms in total. The molecule has 4 aromatic carbocycles.